The number of guanidine groups is 1. The Kier molecular flexibility index (Phi) is 5.70. The Hall–Kier alpha value is -0.830. The largest absolute Gasteiger partial charge is 0.364 e. The Balaban J connectivity index is 0.00000176. The Morgan fingerprint density at radius 3 is 2.59 bits per heavy atom. The third-order valence-electron chi connectivity index (χ3n) is 4.58. The second-order valence-corrected chi connectivity index (χ2v) is 6.69. The average molecular weight is 419 g/mol. The highest BCUT2D eigenvalue weighted by atomic mass is 127. The summed E-state index contributed by atoms with van der Waals surface area (Å²) >= 11 is 0. The minimum absolute atomic E-state index is 0. The van der Waals surface area contributed by atoms with E-state index >= 15 is 0 Å². The summed E-state index contributed by atoms with van der Waals surface area (Å²) in [5.41, 5.74) is 1.43. The van der Waals surface area contributed by atoms with Gasteiger partial charge in [0.1, 0.15) is 6.26 Å². The second-order valence-electron chi connectivity index (χ2n) is 6.69. The van der Waals surface area contributed by atoms with E-state index in [0.717, 1.165) is 44.4 Å². The fourth-order valence-electron chi connectivity index (χ4n) is 2.83. The number of rotatable bonds is 3. The molecule has 3 rings (SSSR count). The molecule has 1 atom stereocenters. The van der Waals surface area contributed by atoms with Crippen molar-refractivity contribution >= 4 is 29.9 Å². The van der Waals surface area contributed by atoms with Crippen molar-refractivity contribution in [2.75, 3.05) is 33.2 Å². The first-order valence-corrected chi connectivity index (χ1v) is 7.68. The third-order valence-corrected chi connectivity index (χ3v) is 4.58. The molecule has 124 valence electrons. The van der Waals surface area contributed by atoms with Crippen LogP contribution in [0.1, 0.15) is 26.0 Å². The van der Waals surface area contributed by atoms with E-state index in [4.69, 9.17) is 4.52 Å². The van der Waals surface area contributed by atoms with Gasteiger partial charge in [0.25, 0.3) is 0 Å². The summed E-state index contributed by atoms with van der Waals surface area (Å²) in [6, 6.07) is 2.51. The molecule has 0 spiro atoms. The number of aromatic nitrogens is 1. The van der Waals surface area contributed by atoms with Gasteiger partial charge >= 0.3 is 0 Å². The standard InChI is InChI=1S/C15H25N5O.HI/c1-15(2)10-13(15)17-14(16-3)20-7-5-19(6-8-20)11-12-4-9-21-18-12;/h4,9,13H,5-8,10-11H2,1-3H3,(H,16,17);1H. The molecule has 1 aliphatic heterocycles. The van der Waals surface area contributed by atoms with E-state index < -0.39 is 0 Å². The van der Waals surface area contributed by atoms with E-state index in [2.05, 4.69) is 39.1 Å². The topological polar surface area (TPSA) is 56.9 Å². The van der Waals surface area contributed by atoms with Gasteiger partial charge in [-0.1, -0.05) is 19.0 Å². The summed E-state index contributed by atoms with van der Waals surface area (Å²) in [7, 11) is 1.87. The first-order valence-electron chi connectivity index (χ1n) is 7.68. The van der Waals surface area contributed by atoms with E-state index in [1.54, 1.807) is 6.26 Å². The van der Waals surface area contributed by atoms with Crippen LogP contribution in [-0.4, -0.2) is 60.2 Å². The van der Waals surface area contributed by atoms with E-state index in [9.17, 15) is 0 Å². The van der Waals surface area contributed by atoms with Crippen LogP contribution in [0, 0.1) is 5.41 Å². The van der Waals surface area contributed by atoms with Crippen molar-refractivity contribution in [3.8, 4) is 0 Å². The zero-order chi connectivity index (χ0) is 14.9. The Labute approximate surface area is 149 Å². The molecular weight excluding hydrogens is 393 g/mol. The summed E-state index contributed by atoms with van der Waals surface area (Å²) in [6.07, 6.45) is 2.87. The summed E-state index contributed by atoms with van der Waals surface area (Å²) in [6.45, 7) is 9.53. The third kappa shape index (κ3) is 4.13. The molecule has 0 radical (unpaired) electrons. The van der Waals surface area contributed by atoms with Crippen molar-refractivity contribution in [1.82, 2.24) is 20.3 Å². The Bertz CT molecular complexity index is 494. The van der Waals surface area contributed by atoms with Gasteiger partial charge in [0.15, 0.2) is 5.96 Å². The van der Waals surface area contributed by atoms with Gasteiger partial charge < -0.3 is 14.7 Å². The molecule has 2 fully saturated rings. The van der Waals surface area contributed by atoms with E-state index in [1.165, 1.54) is 6.42 Å². The number of halogens is 1. The monoisotopic (exact) mass is 419 g/mol. The summed E-state index contributed by atoms with van der Waals surface area (Å²) in [4.78, 5) is 9.20. The van der Waals surface area contributed by atoms with Gasteiger partial charge in [-0.2, -0.15) is 0 Å². The van der Waals surface area contributed by atoms with Gasteiger partial charge in [-0.15, -0.1) is 24.0 Å². The van der Waals surface area contributed by atoms with Crippen molar-refractivity contribution in [2.45, 2.75) is 32.9 Å². The van der Waals surface area contributed by atoms with Gasteiger partial charge in [0, 0.05) is 51.9 Å². The minimum Gasteiger partial charge on any atom is -0.364 e. The van der Waals surface area contributed by atoms with Gasteiger partial charge in [0.2, 0.25) is 0 Å². The molecule has 0 aromatic carbocycles. The first kappa shape index (κ1) is 17.5. The van der Waals surface area contributed by atoms with Crippen LogP contribution in [0.3, 0.4) is 0 Å². The number of piperazine rings is 1. The lowest BCUT2D eigenvalue weighted by molar-refractivity contribution is 0.168. The van der Waals surface area contributed by atoms with Gasteiger partial charge in [0.05, 0.1) is 5.69 Å². The van der Waals surface area contributed by atoms with Crippen molar-refractivity contribution in [1.29, 1.82) is 0 Å². The van der Waals surface area contributed by atoms with Crippen LogP contribution in [0.25, 0.3) is 0 Å². The number of aliphatic imine (C=N–C) groups is 1. The lowest BCUT2D eigenvalue weighted by Crippen LogP contribution is -2.52. The zero-order valence-electron chi connectivity index (χ0n) is 13.6. The fourth-order valence-corrected chi connectivity index (χ4v) is 2.83. The molecule has 1 unspecified atom stereocenters. The predicted octanol–water partition coefficient (Wildman–Crippen LogP) is 1.78. The molecule has 7 heteroatoms. The van der Waals surface area contributed by atoms with Crippen molar-refractivity contribution in [3.05, 3.63) is 18.0 Å². The maximum absolute atomic E-state index is 4.89. The summed E-state index contributed by atoms with van der Waals surface area (Å²) in [5.74, 6) is 1.05. The molecule has 2 heterocycles. The number of hydrogen-bond donors (Lipinski definition) is 1. The maximum atomic E-state index is 4.89. The van der Waals surface area contributed by atoms with Crippen LogP contribution in [0.15, 0.2) is 21.8 Å². The van der Waals surface area contributed by atoms with Crippen molar-refractivity contribution in [2.24, 2.45) is 10.4 Å². The van der Waals surface area contributed by atoms with Crippen LogP contribution in [0.2, 0.25) is 0 Å². The molecule has 2 aliphatic rings. The smallest absolute Gasteiger partial charge is 0.193 e. The van der Waals surface area contributed by atoms with Gasteiger partial charge in [-0.25, -0.2) is 0 Å². The molecule has 1 aromatic heterocycles. The Morgan fingerprint density at radius 2 is 2.09 bits per heavy atom. The molecule has 6 nitrogen and oxygen atoms in total. The van der Waals surface area contributed by atoms with Gasteiger partial charge in [-0.05, 0) is 11.8 Å². The highest BCUT2D eigenvalue weighted by Crippen LogP contribution is 2.44. The molecule has 1 N–H and O–H groups in total. The summed E-state index contributed by atoms with van der Waals surface area (Å²) < 4.78 is 4.89. The number of nitrogens with zero attached hydrogens (tertiary/aromatic N) is 4. The highest BCUT2D eigenvalue weighted by molar-refractivity contribution is 14.0. The normalized spacial score (nSPS) is 24.8. The SMILES string of the molecule is CN=C(NC1CC1(C)C)N1CCN(Cc2ccon2)CC1.I. The molecular formula is C15H26IN5O. The van der Waals surface area contributed by atoms with E-state index in [1.807, 2.05) is 13.1 Å². The average Bonchev–Trinajstić information content (AvgIpc) is 2.87. The fraction of sp³-hybridized carbons (Fsp3) is 0.733. The lowest BCUT2D eigenvalue weighted by atomic mass is 10.2. The predicted molar refractivity (Wildman–Crippen MR) is 97.4 cm³/mol. The summed E-state index contributed by atoms with van der Waals surface area (Å²) in [5, 5.41) is 7.57. The zero-order valence-corrected chi connectivity index (χ0v) is 15.9. The number of nitrogens with one attached hydrogen (secondary N) is 1. The van der Waals surface area contributed by atoms with Crippen LogP contribution in [-0.2, 0) is 6.54 Å². The van der Waals surface area contributed by atoms with Crippen LogP contribution in [0.5, 0.6) is 0 Å². The molecule has 1 aromatic rings. The van der Waals surface area contributed by atoms with Crippen LogP contribution in [0.4, 0.5) is 0 Å². The molecule has 0 amide bonds. The lowest BCUT2D eigenvalue weighted by Gasteiger charge is -2.36. The minimum atomic E-state index is 0. The Morgan fingerprint density at radius 1 is 1.41 bits per heavy atom. The second kappa shape index (κ2) is 7.16. The van der Waals surface area contributed by atoms with Crippen LogP contribution >= 0.6 is 24.0 Å². The molecule has 0 bridgehead atoms. The van der Waals surface area contributed by atoms with Crippen LogP contribution < -0.4 is 5.32 Å². The van der Waals surface area contributed by atoms with E-state index in [-0.39, 0.29) is 24.0 Å². The maximum Gasteiger partial charge on any atom is 0.193 e. The molecule has 1 saturated heterocycles. The van der Waals surface area contributed by atoms with Crippen molar-refractivity contribution < 1.29 is 4.52 Å². The first-order chi connectivity index (χ1) is 10.1. The number of hydrogen-bond acceptors (Lipinski definition) is 4. The van der Waals surface area contributed by atoms with Crippen molar-refractivity contribution in [3.63, 3.8) is 0 Å². The molecule has 1 saturated carbocycles. The van der Waals surface area contributed by atoms with E-state index in [0.29, 0.717) is 11.5 Å². The molecule has 1 aliphatic carbocycles. The highest BCUT2D eigenvalue weighted by Gasteiger charge is 2.46. The molecule has 22 heavy (non-hydrogen) atoms. The van der Waals surface area contributed by atoms with Gasteiger partial charge in [-0.3, -0.25) is 9.89 Å². The quantitative estimate of drug-likeness (QED) is 0.460.